The number of aliphatic hydroxyl groups is 2. The van der Waals surface area contributed by atoms with Crippen molar-refractivity contribution in [3.05, 3.63) is 36.0 Å². The summed E-state index contributed by atoms with van der Waals surface area (Å²) in [5.74, 6) is 0. The molecular formula is C21H36O2. The van der Waals surface area contributed by atoms with Crippen LogP contribution in [0.1, 0.15) is 78.6 Å². The maximum atomic E-state index is 9.71. The Morgan fingerprint density at radius 3 is 2.70 bits per heavy atom. The van der Waals surface area contributed by atoms with Gasteiger partial charge in [-0.25, -0.2) is 0 Å². The first-order chi connectivity index (χ1) is 10.8. The van der Waals surface area contributed by atoms with Crippen LogP contribution in [-0.2, 0) is 0 Å². The molecule has 0 amide bonds. The van der Waals surface area contributed by atoms with E-state index in [1.807, 2.05) is 6.92 Å². The summed E-state index contributed by atoms with van der Waals surface area (Å²) in [6.07, 6.45) is 15.4. The minimum absolute atomic E-state index is 0.171. The van der Waals surface area contributed by atoms with Crippen LogP contribution < -0.4 is 0 Å². The van der Waals surface area contributed by atoms with E-state index < -0.39 is 0 Å². The van der Waals surface area contributed by atoms with Gasteiger partial charge in [0.1, 0.15) is 0 Å². The second-order valence-electron chi connectivity index (χ2n) is 7.92. The van der Waals surface area contributed by atoms with Gasteiger partial charge in [-0.05, 0) is 69.3 Å². The minimum atomic E-state index is -0.192. The smallest absolute Gasteiger partial charge is 0.0583 e. The topological polar surface area (TPSA) is 40.5 Å². The molecule has 23 heavy (non-hydrogen) atoms. The molecule has 132 valence electrons. The van der Waals surface area contributed by atoms with Crippen LogP contribution in [0.5, 0.6) is 0 Å². The molecule has 0 aromatic heterocycles. The predicted octanol–water partition coefficient (Wildman–Crippen LogP) is 5.32. The fourth-order valence-electron chi connectivity index (χ4n) is 3.17. The Bertz CT molecular complexity index is 416. The molecule has 1 aliphatic rings. The SMILES string of the molecule is C=C1CCC(O)C/C1=C/C=C/CCCC(C)(C)CCCC(C)O. The van der Waals surface area contributed by atoms with Crippen LogP contribution in [0.4, 0.5) is 0 Å². The van der Waals surface area contributed by atoms with Crippen molar-refractivity contribution >= 4 is 0 Å². The summed E-state index contributed by atoms with van der Waals surface area (Å²) in [7, 11) is 0. The van der Waals surface area contributed by atoms with Gasteiger partial charge in [0.05, 0.1) is 12.2 Å². The van der Waals surface area contributed by atoms with E-state index in [2.05, 4.69) is 38.7 Å². The largest absolute Gasteiger partial charge is 0.393 e. The molecule has 0 aromatic rings. The Kier molecular flexibility index (Phi) is 8.86. The molecule has 0 aliphatic heterocycles. The van der Waals surface area contributed by atoms with Crippen molar-refractivity contribution in [2.75, 3.05) is 0 Å². The van der Waals surface area contributed by atoms with E-state index in [9.17, 15) is 10.2 Å². The third-order valence-corrected chi connectivity index (χ3v) is 4.82. The first-order valence-electron chi connectivity index (χ1n) is 9.20. The average Bonchev–Trinajstić information content (AvgIpc) is 2.45. The molecule has 2 atom stereocenters. The lowest BCUT2D eigenvalue weighted by Gasteiger charge is -2.24. The highest BCUT2D eigenvalue weighted by molar-refractivity contribution is 5.34. The Hall–Kier alpha value is -0.860. The summed E-state index contributed by atoms with van der Waals surface area (Å²) in [5.41, 5.74) is 2.75. The van der Waals surface area contributed by atoms with Gasteiger partial charge in [-0.15, -0.1) is 0 Å². The van der Waals surface area contributed by atoms with E-state index in [1.165, 1.54) is 30.4 Å². The molecule has 0 heterocycles. The van der Waals surface area contributed by atoms with E-state index in [1.54, 1.807) is 0 Å². The second-order valence-corrected chi connectivity index (χ2v) is 7.92. The van der Waals surface area contributed by atoms with Gasteiger partial charge in [0, 0.05) is 0 Å². The van der Waals surface area contributed by atoms with E-state index in [4.69, 9.17) is 0 Å². The molecule has 2 unspecified atom stereocenters. The van der Waals surface area contributed by atoms with Gasteiger partial charge in [-0.2, -0.15) is 0 Å². The Morgan fingerprint density at radius 1 is 1.30 bits per heavy atom. The van der Waals surface area contributed by atoms with E-state index in [0.717, 1.165) is 38.5 Å². The van der Waals surface area contributed by atoms with Crippen molar-refractivity contribution in [3.8, 4) is 0 Å². The Balaban J connectivity index is 2.24. The maximum Gasteiger partial charge on any atom is 0.0583 e. The van der Waals surface area contributed by atoms with Crippen molar-refractivity contribution in [2.45, 2.75) is 90.8 Å². The van der Waals surface area contributed by atoms with Crippen molar-refractivity contribution in [1.29, 1.82) is 0 Å². The average molecular weight is 321 g/mol. The van der Waals surface area contributed by atoms with Crippen LogP contribution in [0.2, 0.25) is 0 Å². The number of rotatable bonds is 9. The summed E-state index contributed by atoms with van der Waals surface area (Å²) in [6.45, 7) is 10.6. The van der Waals surface area contributed by atoms with E-state index in [-0.39, 0.29) is 12.2 Å². The van der Waals surface area contributed by atoms with Crippen LogP contribution in [-0.4, -0.2) is 22.4 Å². The highest BCUT2D eigenvalue weighted by Crippen LogP contribution is 2.30. The van der Waals surface area contributed by atoms with Crippen molar-refractivity contribution in [3.63, 3.8) is 0 Å². The summed E-state index contributed by atoms with van der Waals surface area (Å²) in [6, 6.07) is 0. The molecule has 1 saturated carbocycles. The van der Waals surface area contributed by atoms with Crippen molar-refractivity contribution in [2.24, 2.45) is 5.41 Å². The third kappa shape index (κ3) is 9.12. The molecule has 0 spiro atoms. The second kappa shape index (κ2) is 10.1. The lowest BCUT2D eigenvalue weighted by molar-refractivity contribution is 0.158. The van der Waals surface area contributed by atoms with Crippen LogP contribution in [0.15, 0.2) is 36.0 Å². The summed E-state index contributed by atoms with van der Waals surface area (Å²) < 4.78 is 0. The molecular weight excluding hydrogens is 284 g/mol. The van der Waals surface area contributed by atoms with Crippen molar-refractivity contribution in [1.82, 2.24) is 0 Å². The Labute approximate surface area is 143 Å². The number of aliphatic hydroxyl groups excluding tert-OH is 2. The quantitative estimate of drug-likeness (QED) is 0.565. The Morgan fingerprint density at radius 2 is 2.00 bits per heavy atom. The minimum Gasteiger partial charge on any atom is -0.393 e. The zero-order chi connectivity index (χ0) is 17.3. The number of hydrogen-bond acceptors (Lipinski definition) is 2. The van der Waals surface area contributed by atoms with Crippen LogP contribution in [0.3, 0.4) is 0 Å². The van der Waals surface area contributed by atoms with Gasteiger partial charge in [0.15, 0.2) is 0 Å². The molecule has 0 aromatic carbocycles. The first-order valence-corrected chi connectivity index (χ1v) is 9.20. The van der Waals surface area contributed by atoms with Gasteiger partial charge in [0.25, 0.3) is 0 Å². The fourth-order valence-corrected chi connectivity index (χ4v) is 3.17. The molecule has 2 N–H and O–H groups in total. The van der Waals surface area contributed by atoms with Gasteiger partial charge in [-0.3, -0.25) is 0 Å². The summed E-state index contributed by atoms with van der Waals surface area (Å²) >= 11 is 0. The molecule has 0 bridgehead atoms. The zero-order valence-corrected chi connectivity index (χ0v) is 15.4. The molecule has 1 rings (SSSR count). The van der Waals surface area contributed by atoms with Crippen LogP contribution >= 0.6 is 0 Å². The number of unbranched alkanes of at least 4 members (excludes halogenated alkanes) is 1. The van der Waals surface area contributed by atoms with Crippen LogP contribution in [0.25, 0.3) is 0 Å². The molecule has 1 aliphatic carbocycles. The molecule has 1 fully saturated rings. The fraction of sp³-hybridized carbons (Fsp3) is 0.714. The number of hydrogen-bond donors (Lipinski definition) is 2. The lowest BCUT2D eigenvalue weighted by atomic mass is 9.82. The van der Waals surface area contributed by atoms with E-state index >= 15 is 0 Å². The molecule has 2 heteroatoms. The van der Waals surface area contributed by atoms with Gasteiger partial charge in [0.2, 0.25) is 0 Å². The third-order valence-electron chi connectivity index (χ3n) is 4.82. The standard InChI is InChI=1S/C21H36O2/c1-17-12-13-20(23)16-19(17)11-7-5-6-8-14-21(3,4)15-9-10-18(2)22/h5,7,11,18,20,22-23H,1,6,8-10,12-16H2,2-4H3/b7-5+,19-11-. The van der Waals surface area contributed by atoms with E-state index in [0.29, 0.717) is 5.41 Å². The maximum absolute atomic E-state index is 9.71. The summed E-state index contributed by atoms with van der Waals surface area (Å²) in [5, 5.41) is 19.0. The highest BCUT2D eigenvalue weighted by Gasteiger charge is 2.17. The lowest BCUT2D eigenvalue weighted by Crippen LogP contribution is -2.14. The highest BCUT2D eigenvalue weighted by atomic mass is 16.3. The molecule has 0 radical (unpaired) electrons. The predicted molar refractivity (Wildman–Crippen MR) is 99.4 cm³/mol. The zero-order valence-electron chi connectivity index (χ0n) is 15.4. The van der Waals surface area contributed by atoms with Gasteiger partial charge < -0.3 is 10.2 Å². The van der Waals surface area contributed by atoms with Crippen LogP contribution in [0, 0.1) is 5.41 Å². The molecule has 2 nitrogen and oxygen atoms in total. The molecule has 0 saturated heterocycles. The summed E-state index contributed by atoms with van der Waals surface area (Å²) in [4.78, 5) is 0. The monoisotopic (exact) mass is 320 g/mol. The van der Waals surface area contributed by atoms with Gasteiger partial charge >= 0.3 is 0 Å². The first kappa shape index (κ1) is 20.2. The number of allylic oxidation sites excluding steroid dienone is 4. The normalized spacial score (nSPS) is 22.9. The van der Waals surface area contributed by atoms with Crippen molar-refractivity contribution < 1.29 is 10.2 Å². The van der Waals surface area contributed by atoms with Gasteiger partial charge in [-0.1, -0.05) is 50.6 Å².